The number of non-ortho nitro benzene ring substituents is 1. The summed E-state index contributed by atoms with van der Waals surface area (Å²) in [6, 6.07) is 7.33. The van der Waals surface area contributed by atoms with Crippen LogP contribution < -0.4 is 10.1 Å². The Bertz CT molecular complexity index is 970. The van der Waals surface area contributed by atoms with Gasteiger partial charge >= 0.3 is 0 Å². The number of amides is 1. The fraction of sp³-hybridized carbons (Fsp3) is 0.125. The van der Waals surface area contributed by atoms with Crippen molar-refractivity contribution in [1.82, 2.24) is 14.7 Å². The Balaban J connectivity index is 1.79. The predicted octanol–water partition coefficient (Wildman–Crippen LogP) is 2.83. The van der Waals surface area contributed by atoms with Gasteiger partial charge in [0.2, 0.25) is 0 Å². The minimum absolute atomic E-state index is 0.0866. The van der Waals surface area contributed by atoms with Gasteiger partial charge in [-0.1, -0.05) is 11.6 Å². The molecule has 8 nitrogen and oxygen atoms in total. The third-order valence-electron chi connectivity index (χ3n) is 3.53. The van der Waals surface area contributed by atoms with Crippen molar-refractivity contribution in [2.24, 2.45) is 0 Å². The number of imidazole rings is 1. The van der Waals surface area contributed by atoms with Crippen LogP contribution >= 0.6 is 11.6 Å². The molecule has 0 saturated heterocycles. The fourth-order valence-corrected chi connectivity index (χ4v) is 2.52. The highest BCUT2D eigenvalue weighted by molar-refractivity contribution is 6.30. The van der Waals surface area contributed by atoms with Crippen molar-refractivity contribution in [3.05, 3.63) is 69.1 Å². The van der Waals surface area contributed by atoms with Gasteiger partial charge in [0.15, 0.2) is 0 Å². The number of nitro benzene ring substituents is 1. The molecule has 128 valence electrons. The summed E-state index contributed by atoms with van der Waals surface area (Å²) in [5.74, 6) is -0.236. The van der Waals surface area contributed by atoms with E-state index in [1.165, 1.54) is 25.3 Å². The van der Waals surface area contributed by atoms with Crippen molar-refractivity contribution >= 4 is 28.8 Å². The third-order valence-corrected chi connectivity index (χ3v) is 3.76. The molecule has 0 aliphatic heterocycles. The van der Waals surface area contributed by atoms with E-state index < -0.39 is 10.8 Å². The summed E-state index contributed by atoms with van der Waals surface area (Å²) >= 11 is 5.92. The first kappa shape index (κ1) is 16.7. The molecule has 1 N–H and O–H groups in total. The molecule has 0 aliphatic rings. The number of nitrogens with one attached hydrogen (secondary N) is 1. The molecule has 0 atom stereocenters. The van der Waals surface area contributed by atoms with E-state index in [1.807, 2.05) is 0 Å². The molecule has 1 amide bonds. The Morgan fingerprint density at radius 1 is 1.36 bits per heavy atom. The van der Waals surface area contributed by atoms with E-state index >= 15 is 0 Å². The molecule has 0 aliphatic carbocycles. The number of nitrogens with zero attached hydrogens (tertiary/aromatic N) is 3. The molecule has 2 heterocycles. The Morgan fingerprint density at radius 2 is 2.16 bits per heavy atom. The van der Waals surface area contributed by atoms with E-state index in [4.69, 9.17) is 16.3 Å². The van der Waals surface area contributed by atoms with Crippen LogP contribution in [0.2, 0.25) is 5.02 Å². The minimum atomic E-state index is -0.567. The standard InChI is InChI=1S/C16H13ClN4O4/c1-25-14-4-3-12(21(23)24)6-13(14)16(22)18-7-11-9-20-8-10(17)2-5-15(20)19-11/h2-6,8-9H,7H2,1H3,(H,18,22). The maximum atomic E-state index is 12.4. The summed E-state index contributed by atoms with van der Waals surface area (Å²) in [4.78, 5) is 27.1. The van der Waals surface area contributed by atoms with Crippen molar-refractivity contribution in [3.63, 3.8) is 0 Å². The highest BCUT2D eigenvalue weighted by Crippen LogP contribution is 2.24. The number of fused-ring (bicyclic) bond motifs is 1. The average molecular weight is 361 g/mol. The Kier molecular flexibility index (Phi) is 4.53. The number of aromatic nitrogens is 2. The maximum absolute atomic E-state index is 12.4. The van der Waals surface area contributed by atoms with E-state index in [0.717, 1.165) is 0 Å². The van der Waals surface area contributed by atoms with Crippen LogP contribution in [0.1, 0.15) is 16.1 Å². The number of pyridine rings is 1. The second kappa shape index (κ2) is 6.78. The Labute approximate surface area is 147 Å². The number of benzene rings is 1. The molecule has 3 aromatic rings. The Hall–Kier alpha value is -3.13. The molecule has 0 bridgehead atoms. The van der Waals surface area contributed by atoms with Crippen LogP contribution in [0, 0.1) is 10.1 Å². The van der Waals surface area contributed by atoms with E-state index in [-0.39, 0.29) is 23.5 Å². The number of ether oxygens (including phenoxy) is 1. The topological polar surface area (TPSA) is 98.8 Å². The van der Waals surface area contributed by atoms with Crippen molar-refractivity contribution in [3.8, 4) is 5.75 Å². The van der Waals surface area contributed by atoms with Crippen LogP contribution in [0.3, 0.4) is 0 Å². The summed E-state index contributed by atoms with van der Waals surface area (Å²) in [6.07, 6.45) is 3.45. The number of hydrogen-bond acceptors (Lipinski definition) is 5. The number of hydrogen-bond donors (Lipinski definition) is 1. The SMILES string of the molecule is COc1ccc([N+](=O)[O-])cc1C(=O)NCc1cn2cc(Cl)ccc2n1. The Morgan fingerprint density at radius 3 is 2.88 bits per heavy atom. The van der Waals surface area contributed by atoms with Gasteiger partial charge in [-0.3, -0.25) is 14.9 Å². The van der Waals surface area contributed by atoms with Gasteiger partial charge in [0.1, 0.15) is 11.4 Å². The number of carbonyl (C=O) groups excluding carboxylic acids is 1. The third kappa shape index (κ3) is 3.53. The summed E-state index contributed by atoms with van der Waals surface area (Å²) in [5, 5.41) is 14.1. The zero-order chi connectivity index (χ0) is 18.0. The lowest BCUT2D eigenvalue weighted by Crippen LogP contribution is -2.23. The number of methoxy groups -OCH3 is 1. The smallest absolute Gasteiger partial charge is 0.270 e. The minimum Gasteiger partial charge on any atom is -0.496 e. The normalized spacial score (nSPS) is 10.6. The van der Waals surface area contributed by atoms with Crippen molar-refractivity contribution in [2.45, 2.75) is 6.54 Å². The van der Waals surface area contributed by atoms with Gasteiger partial charge in [0.05, 0.1) is 34.9 Å². The molecule has 3 rings (SSSR count). The quantitative estimate of drug-likeness (QED) is 0.557. The summed E-state index contributed by atoms with van der Waals surface area (Å²) in [5.41, 5.74) is 1.22. The number of halogens is 1. The molecule has 25 heavy (non-hydrogen) atoms. The highest BCUT2D eigenvalue weighted by Gasteiger charge is 2.17. The zero-order valence-corrected chi connectivity index (χ0v) is 13.9. The van der Waals surface area contributed by atoms with E-state index in [9.17, 15) is 14.9 Å². The van der Waals surface area contributed by atoms with E-state index in [0.29, 0.717) is 16.4 Å². The van der Waals surface area contributed by atoms with Crippen LogP contribution in [0.4, 0.5) is 5.69 Å². The lowest BCUT2D eigenvalue weighted by molar-refractivity contribution is -0.384. The first-order valence-corrected chi connectivity index (χ1v) is 7.59. The summed E-state index contributed by atoms with van der Waals surface area (Å²) in [6.45, 7) is 0.157. The summed E-state index contributed by atoms with van der Waals surface area (Å²) in [7, 11) is 1.39. The van der Waals surface area contributed by atoms with E-state index in [1.54, 1.807) is 28.9 Å². The molecule has 0 radical (unpaired) electrons. The largest absolute Gasteiger partial charge is 0.496 e. The van der Waals surface area contributed by atoms with Crippen molar-refractivity contribution in [2.75, 3.05) is 7.11 Å². The molecule has 0 fully saturated rings. The highest BCUT2D eigenvalue weighted by atomic mass is 35.5. The predicted molar refractivity (Wildman–Crippen MR) is 91.0 cm³/mol. The van der Waals surface area contributed by atoms with Crippen LogP contribution in [0.25, 0.3) is 5.65 Å². The molecule has 2 aromatic heterocycles. The van der Waals surface area contributed by atoms with Crippen molar-refractivity contribution < 1.29 is 14.5 Å². The van der Waals surface area contributed by atoms with Gasteiger partial charge in [-0.2, -0.15) is 0 Å². The van der Waals surface area contributed by atoms with Crippen LogP contribution in [-0.4, -0.2) is 27.3 Å². The first-order chi connectivity index (χ1) is 12.0. The van der Waals surface area contributed by atoms with E-state index in [2.05, 4.69) is 10.3 Å². The number of rotatable bonds is 5. The zero-order valence-electron chi connectivity index (χ0n) is 13.1. The molecule has 0 unspecified atom stereocenters. The molecule has 9 heteroatoms. The first-order valence-electron chi connectivity index (χ1n) is 7.21. The van der Waals surface area contributed by atoms with Gasteiger partial charge in [-0.15, -0.1) is 0 Å². The lowest BCUT2D eigenvalue weighted by Gasteiger charge is -2.08. The molecule has 1 aromatic carbocycles. The number of nitro groups is 1. The molecule has 0 spiro atoms. The molecular formula is C16H13ClN4O4. The van der Waals surface area contributed by atoms with Crippen molar-refractivity contribution in [1.29, 1.82) is 0 Å². The molecule has 0 saturated carbocycles. The monoisotopic (exact) mass is 360 g/mol. The number of carbonyl (C=O) groups is 1. The lowest BCUT2D eigenvalue weighted by atomic mass is 10.1. The fourth-order valence-electron chi connectivity index (χ4n) is 2.36. The van der Waals surface area contributed by atoms with Crippen LogP contribution in [-0.2, 0) is 6.54 Å². The summed E-state index contributed by atoms with van der Waals surface area (Å²) < 4.78 is 6.84. The second-order valence-corrected chi connectivity index (χ2v) is 5.61. The molecular weight excluding hydrogens is 348 g/mol. The maximum Gasteiger partial charge on any atom is 0.270 e. The average Bonchev–Trinajstić information content (AvgIpc) is 3.00. The van der Waals surface area contributed by atoms with Gasteiger partial charge in [-0.25, -0.2) is 4.98 Å². The second-order valence-electron chi connectivity index (χ2n) is 5.17. The van der Waals surface area contributed by atoms with Crippen LogP contribution in [0.15, 0.2) is 42.7 Å². The van der Waals surface area contributed by atoms with Crippen LogP contribution in [0.5, 0.6) is 5.75 Å². The van der Waals surface area contributed by atoms with Gasteiger partial charge in [0.25, 0.3) is 11.6 Å². The van der Waals surface area contributed by atoms with Gasteiger partial charge in [-0.05, 0) is 18.2 Å². The van der Waals surface area contributed by atoms with Gasteiger partial charge < -0.3 is 14.5 Å². The van der Waals surface area contributed by atoms with Gasteiger partial charge in [0, 0.05) is 24.5 Å².